The van der Waals surface area contributed by atoms with Crippen molar-refractivity contribution < 1.29 is 19.4 Å². The summed E-state index contributed by atoms with van der Waals surface area (Å²) in [4.78, 5) is 26.5. The van der Waals surface area contributed by atoms with E-state index in [1.165, 1.54) is 0 Å². The van der Waals surface area contributed by atoms with Crippen LogP contribution in [0.25, 0.3) is 0 Å². The first-order chi connectivity index (χ1) is 10.1. The SMILES string of the molecule is Cc1cccnc1C(=O)Nc1ccc(OCC(=O)O)cc1. The van der Waals surface area contributed by atoms with Gasteiger partial charge in [0, 0.05) is 11.9 Å². The van der Waals surface area contributed by atoms with Crippen LogP contribution in [0.4, 0.5) is 5.69 Å². The van der Waals surface area contributed by atoms with E-state index in [0.717, 1.165) is 5.56 Å². The number of aliphatic carboxylic acids is 1. The zero-order valence-corrected chi connectivity index (χ0v) is 11.4. The van der Waals surface area contributed by atoms with Crippen molar-refractivity contribution in [2.45, 2.75) is 6.92 Å². The van der Waals surface area contributed by atoms with E-state index in [0.29, 0.717) is 17.1 Å². The van der Waals surface area contributed by atoms with Gasteiger partial charge in [-0.15, -0.1) is 0 Å². The number of hydrogen-bond acceptors (Lipinski definition) is 4. The highest BCUT2D eigenvalue weighted by Crippen LogP contribution is 2.16. The molecule has 1 heterocycles. The van der Waals surface area contributed by atoms with Crippen molar-refractivity contribution in [2.24, 2.45) is 0 Å². The number of carboxylic acid groups (broad SMARTS) is 1. The minimum Gasteiger partial charge on any atom is -0.482 e. The molecule has 0 atom stereocenters. The molecule has 1 aromatic carbocycles. The fraction of sp³-hybridized carbons (Fsp3) is 0.133. The molecule has 2 rings (SSSR count). The number of anilines is 1. The van der Waals surface area contributed by atoms with E-state index >= 15 is 0 Å². The van der Waals surface area contributed by atoms with Gasteiger partial charge in [-0.05, 0) is 42.8 Å². The number of aromatic nitrogens is 1. The molecule has 108 valence electrons. The zero-order valence-electron chi connectivity index (χ0n) is 11.4. The first-order valence-electron chi connectivity index (χ1n) is 6.24. The Hall–Kier alpha value is -2.89. The zero-order chi connectivity index (χ0) is 15.2. The number of carbonyl (C=O) groups is 2. The molecule has 2 aromatic rings. The number of rotatable bonds is 5. The lowest BCUT2D eigenvalue weighted by atomic mass is 10.2. The lowest BCUT2D eigenvalue weighted by Gasteiger charge is -2.08. The topological polar surface area (TPSA) is 88.5 Å². The van der Waals surface area contributed by atoms with Crippen molar-refractivity contribution in [1.29, 1.82) is 0 Å². The Labute approximate surface area is 121 Å². The van der Waals surface area contributed by atoms with Crippen LogP contribution in [0.2, 0.25) is 0 Å². The highest BCUT2D eigenvalue weighted by atomic mass is 16.5. The minimum absolute atomic E-state index is 0.299. The molecule has 0 aliphatic heterocycles. The van der Waals surface area contributed by atoms with Crippen molar-refractivity contribution in [2.75, 3.05) is 11.9 Å². The van der Waals surface area contributed by atoms with Gasteiger partial charge in [-0.25, -0.2) is 4.79 Å². The molecule has 2 N–H and O–H groups in total. The molecular weight excluding hydrogens is 272 g/mol. The Morgan fingerprint density at radius 1 is 1.24 bits per heavy atom. The highest BCUT2D eigenvalue weighted by molar-refractivity contribution is 6.03. The van der Waals surface area contributed by atoms with Crippen LogP contribution in [0.1, 0.15) is 16.1 Å². The highest BCUT2D eigenvalue weighted by Gasteiger charge is 2.10. The molecule has 0 saturated carbocycles. The lowest BCUT2D eigenvalue weighted by molar-refractivity contribution is -0.139. The maximum absolute atomic E-state index is 12.1. The van der Waals surface area contributed by atoms with Crippen LogP contribution in [0.15, 0.2) is 42.6 Å². The molecule has 0 radical (unpaired) electrons. The van der Waals surface area contributed by atoms with Gasteiger partial charge in [0.05, 0.1) is 0 Å². The van der Waals surface area contributed by atoms with E-state index in [2.05, 4.69) is 10.3 Å². The summed E-state index contributed by atoms with van der Waals surface area (Å²) in [6, 6.07) is 10.0. The van der Waals surface area contributed by atoms with Gasteiger partial charge >= 0.3 is 5.97 Å². The van der Waals surface area contributed by atoms with E-state index in [-0.39, 0.29) is 5.91 Å². The first kappa shape index (κ1) is 14.5. The van der Waals surface area contributed by atoms with E-state index < -0.39 is 12.6 Å². The van der Waals surface area contributed by atoms with Crippen LogP contribution in [-0.4, -0.2) is 28.6 Å². The Morgan fingerprint density at radius 2 is 1.95 bits per heavy atom. The summed E-state index contributed by atoms with van der Waals surface area (Å²) in [5, 5.41) is 11.2. The first-order valence-corrected chi connectivity index (χ1v) is 6.24. The van der Waals surface area contributed by atoms with Crippen molar-refractivity contribution >= 4 is 17.6 Å². The van der Waals surface area contributed by atoms with E-state index in [4.69, 9.17) is 9.84 Å². The average Bonchev–Trinajstić information content (AvgIpc) is 2.47. The summed E-state index contributed by atoms with van der Waals surface area (Å²) in [5.41, 5.74) is 1.73. The molecule has 0 fully saturated rings. The monoisotopic (exact) mass is 286 g/mol. The van der Waals surface area contributed by atoms with Crippen LogP contribution in [-0.2, 0) is 4.79 Å². The van der Waals surface area contributed by atoms with Crippen molar-refractivity contribution in [3.8, 4) is 5.75 Å². The molecule has 1 aromatic heterocycles. The van der Waals surface area contributed by atoms with Crippen LogP contribution >= 0.6 is 0 Å². The van der Waals surface area contributed by atoms with Crippen LogP contribution in [0.5, 0.6) is 5.75 Å². The number of pyridine rings is 1. The van der Waals surface area contributed by atoms with Gasteiger partial charge in [0.15, 0.2) is 6.61 Å². The second-order valence-electron chi connectivity index (χ2n) is 4.33. The Morgan fingerprint density at radius 3 is 2.57 bits per heavy atom. The quantitative estimate of drug-likeness (QED) is 0.878. The summed E-state index contributed by atoms with van der Waals surface area (Å²) in [7, 11) is 0. The predicted octanol–water partition coefficient (Wildman–Crippen LogP) is 2.11. The molecule has 6 nitrogen and oxygen atoms in total. The number of hydrogen-bond donors (Lipinski definition) is 2. The van der Waals surface area contributed by atoms with Crippen molar-refractivity contribution in [3.63, 3.8) is 0 Å². The van der Waals surface area contributed by atoms with Crippen LogP contribution < -0.4 is 10.1 Å². The van der Waals surface area contributed by atoms with Gasteiger partial charge in [0.25, 0.3) is 5.91 Å². The lowest BCUT2D eigenvalue weighted by Crippen LogP contribution is -2.15. The third kappa shape index (κ3) is 4.04. The second kappa shape index (κ2) is 6.51. The fourth-order valence-corrected chi connectivity index (χ4v) is 1.69. The predicted molar refractivity (Wildman–Crippen MR) is 76.5 cm³/mol. The Bertz CT molecular complexity index is 653. The second-order valence-corrected chi connectivity index (χ2v) is 4.33. The molecule has 6 heteroatoms. The smallest absolute Gasteiger partial charge is 0.341 e. The molecule has 0 spiro atoms. The Kier molecular flexibility index (Phi) is 4.50. The molecule has 0 saturated heterocycles. The number of amides is 1. The number of ether oxygens (including phenoxy) is 1. The molecule has 21 heavy (non-hydrogen) atoms. The van der Waals surface area contributed by atoms with E-state index in [1.807, 2.05) is 13.0 Å². The van der Waals surface area contributed by atoms with Gasteiger partial charge in [0.2, 0.25) is 0 Å². The molecule has 0 aliphatic rings. The van der Waals surface area contributed by atoms with E-state index in [9.17, 15) is 9.59 Å². The molecule has 0 bridgehead atoms. The van der Waals surface area contributed by atoms with Gasteiger partial charge in [-0.1, -0.05) is 6.07 Å². The average molecular weight is 286 g/mol. The summed E-state index contributed by atoms with van der Waals surface area (Å²) in [6.07, 6.45) is 1.56. The minimum atomic E-state index is -1.04. The van der Waals surface area contributed by atoms with Gasteiger partial charge < -0.3 is 15.2 Å². The number of aryl methyl sites for hydroxylation is 1. The molecule has 0 aliphatic carbocycles. The summed E-state index contributed by atoms with van der Waals surface area (Å²) < 4.78 is 5.01. The van der Waals surface area contributed by atoms with Crippen LogP contribution in [0, 0.1) is 6.92 Å². The van der Waals surface area contributed by atoms with Gasteiger partial charge in [-0.2, -0.15) is 0 Å². The van der Waals surface area contributed by atoms with Crippen LogP contribution in [0.3, 0.4) is 0 Å². The maximum atomic E-state index is 12.1. The third-order valence-corrected chi connectivity index (χ3v) is 2.70. The number of carboxylic acids is 1. The number of benzene rings is 1. The fourth-order valence-electron chi connectivity index (χ4n) is 1.69. The summed E-state index contributed by atoms with van der Waals surface area (Å²) >= 11 is 0. The summed E-state index contributed by atoms with van der Waals surface area (Å²) in [6.45, 7) is 1.41. The number of carbonyl (C=O) groups excluding carboxylic acids is 1. The molecular formula is C15H14N2O4. The summed E-state index contributed by atoms with van der Waals surface area (Å²) in [5.74, 6) is -0.922. The largest absolute Gasteiger partial charge is 0.482 e. The third-order valence-electron chi connectivity index (χ3n) is 2.70. The Balaban J connectivity index is 2.02. The maximum Gasteiger partial charge on any atom is 0.341 e. The number of nitrogens with one attached hydrogen (secondary N) is 1. The molecule has 1 amide bonds. The van der Waals surface area contributed by atoms with Crippen molar-refractivity contribution in [3.05, 3.63) is 53.9 Å². The normalized spacial score (nSPS) is 9.95. The standard InChI is InChI=1S/C15H14N2O4/c1-10-3-2-8-16-14(10)15(20)17-11-4-6-12(7-5-11)21-9-13(18)19/h2-8H,9H2,1H3,(H,17,20)(H,18,19). The van der Waals surface area contributed by atoms with Gasteiger partial charge in [0.1, 0.15) is 11.4 Å². The van der Waals surface area contributed by atoms with Crippen molar-refractivity contribution in [1.82, 2.24) is 4.98 Å². The number of nitrogens with zero attached hydrogens (tertiary/aromatic N) is 1. The van der Waals surface area contributed by atoms with E-state index in [1.54, 1.807) is 36.5 Å². The van der Waals surface area contributed by atoms with Gasteiger partial charge in [-0.3, -0.25) is 9.78 Å². The molecule has 0 unspecified atom stereocenters.